The Morgan fingerprint density at radius 2 is 1.94 bits per heavy atom. The number of nitrogens with zero attached hydrogens (tertiary/aromatic N) is 2. The summed E-state index contributed by atoms with van der Waals surface area (Å²) in [5.74, 6) is 2.36. The lowest BCUT2D eigenvalue weighted by Crippen LogP contribution is -2.48. The number of hydrogen-bond donors (Lipinski definition) is 1. The molecule has 1 unspecified atom stereocenters. The van der Waals surface area contributed by atoms with E-state index in [4.69, 9.17) is 9.15 Å². The highest BCUT2D eigenvalue weighted by Crippen LogP contribution is 2.50. The Balaban J connectivity index is 1.10. The van der Waals surface area contributed by atoms with Crippen molar-refractivity contribution in [3.05, 3.63) is 71.4 Å². The fraction of sp³-hybridized carbons (Fsp3) is 0.444. The van der Waals surface area contributed by atoms with Crippen LogP contribution in [0, 0.1) is 6.92 Å². The Hall–Kier alpha value is -2.99. The van der Waals surface area contributed by atoms with Gasteiger partial charge in [-0.05, 0) is 62.9 Å². The maximum atomic E-state index is 13.3. The number of benzene rings is 1. The third kappa shape index (κ3) is 2.93. The molecule has 3 aliphatic heterocycles. The van der Waals surface area contributed by atoms with Gasteiger partial charge in [0.1, 0.15) is 17.1 Å². The number of anilines is 1. The molecule has 2 spiro atoms. The summed E-state index contributed by atoms with van der Waals surface area (Å²) in [4.78, 5) is 15.2. The number of furan rings is 1. The fourth-order valence-corrected chi connectivity index (χ4v) is 6.16. The molecule has 0 bridgehead atoms. The number of para-hydroxylation sites is 2. The number of rotatable bonds is 2. The van der Waals surface area contributed by atoms with Crippen molar-refractivity contribution in [2.24, 2.45) is 0 Å². The zero-order chi connectivity index (χ0) is 22.2. The topological polar surface area (TPSA) is 59.6 Å². The average Bonchev–Trinajstić information content (AvgIpc) is 3.25. The zero-order valence-corrected chi connectivity index (χ0v) is 19.0. The van der Waals surface area contributed by atoms with Gasteiger partial charge in [-0.25, -0.2) is 0 Å². The predicted octanol–water partition coefficient (Wildman–Crippen LogP) is 4.97. The van der Waals surface area contributed by atoms with Crippen molar-refractivity contribution in [1.82, 2.24) is 9.47 Å². The van der Waals surface area contributed by atoms with Gasteiger partial charge in [-0.1, -0.05) is 12.1 Å². The number of carbonyl (C=O) groups is 1. The molecule has 1 aliphatic carbocycles. The van der Waals surface area contributed by atoms with Gasteiger partial charge >= 0.3 is 0 Å². The zero-order valence-electron chi connectivity index (χ0n) is 19.0. The van der Waals surface area contributed by atoms with Gasteiger partial charge in [0.25, 0.3) is 5.91 Å². The standard InChI is InChI=1S/C27H29N3O3/c1-18-20(15-23(33-18)19-8-9-19)25(31)29-13-10-26(11-14-29)16-27(17-32-26)24-7-4-12-30(24)22-6-3-2-5-21(22)28-27/h2-7,12,15,19,28H,8-11,13-14,16-17H2,1H3. The minimum absolute atomic E-state index is 0.101. The number of likely N-dealkylation sites (tertiary alicyclic amines) is 1. The highest BCUT2D eigenvalue weighted by atomic mass is 16.5. The SMILES string of the molecule is Cc1oc(C2CC2)cc1C(=O)N1CCC2(CC1)CC1(CO2)Nc2ccccc2-n2cccc21. The lowest BCUT2D eigenvalue weighted by atomic mass is 9.79. The number of nitrogens with one attached hydrogen (secondary N) is 1. The Bertz CT molecular complexity index is 1250. The molecule has 7 rings (SSSR count). The van der Waals surface area contributed by atoms with Crippen LogP contribution < -0.4 is 5.32 Å². The first-order valence-electron chi connectivity index (χ1n) is 12.1. The maximum absolute atomic E-state index is 13.3. The molecule has 1 atom stereocenters. The number of aryl methyl sites for hydroxylation is 1. The Morgan fingerprint density at radius 1 is 1.12 bits per heavy atom. The number of carbonyl (C=O) groups excluding carboxylic acids is 1. The highest BCUT2D eigenvalue weighted by Gasteiger charge is 2.54. The molecule has 170 valence electrons. The number of hydrogen-bond acceptors (Lipinski definition) is 4. The van der Waals surface area contributed by atoms with Crippen molar-refractivity contribution >= 4 is 11.6 Å². The lowest BCUT2D eigenvalue weighted by Gasteiger charge is -2.41. The van der Waals surface area contributed by atoms with Gasteiger partial charge in [-0.15, -0.1) is 0 Å². The average molecular weight is 444 g/mol. The molecule has 6 nitrogen and oxygen atoms in total. The second kappa shape index (κ2) is 6.76. The molecule has 2 saturated heterocycles. The fourth-order valence-electron chi connectivity index (χ4n) is 6.16. The molecule has 1 N–H and O–H groups in total. The van der Waals surface area contributed by atoms with Gasteiger partial charge in [-0.2, -0.15) is 0 Å². The monoisotopic (exact) mass is 443 g/mol. The van der Waals surface area contributed by atoms with Gasteiger partial charge < -0.3 is 23.9 Å². The van der Waals surface area contributed by atoms with Gasteiger partial charge in [0.2, 0.25) is 0 Å². The first kappa shape index (κ1) is 19.5. The van der Waals surface area contributed by atoms with E-state index in [-0.39, 0.29) is 17.0 Å². The van der Waals surface area contributed by atoms with Crippen LogP contribution in [0.5, 0.6) is 0 Å². The van der Waals surface area contributed by atoms with E-state index in [1.807, 2.05) is 17.9 Å². The van der Waals surface area contributed by atoms with Crippen molar-refractivity contribution < 1.29 is 13.9 Å². The van der Waals surface area contributed by atoms with E-state index >= 15 is 0 Å². The summed E-state index contributed by atoms with van der Waals surface area (Å²) in [6, 6.07) is 14.8. The summed E-state index contributed by atoms with van der Waals surface area (Å²) in [6.07, 6.45) is 7.12. The van der Waals surface area contributed by atoms with Crippen LogP contribution in [0.2, 0.25) is 0 Å². The van der Waals surface area contributed by atoms with Crippen molar-refractivity contribution in [3.8, 4) is 5.69 Å². The summed E-state index contributed by atoms with van der Waals surface area (Å²) < 4.78 is 14.8. The summed E-state index contributed by atoms with van der Waals surface area (Å²) in [6.45, 7) is 3.99. The van der Waals surface area contributed by atoms with Crippen LogP contribution in [0.15, 0.2) is 53.1 Å². The first-order valence-corrected chi connectivity index (χ1v) is 12.1. The summed E-state index contributed by atoms with van der Waals surface area (Å²) in [5, 5.41) is 3.83. The molecule has 33 heavy (non-hydrogen) atoms. The number of aromatic nitrogens is 1. The van der Waals surface area contributed by atoms with Crippen LogP contribution in [0.25, 0.3) is 5.69 Å². The van der Waals surface area contributed by atoms with E-state index in [1.54, 1.807) is 0 Å². The third-order valence-electron chi connectivity index (χ3n) is 8.13. The van der Waals surface area contributed by atoms with Crippen molar-refractivity contribution in [2.75, 3.05) is 25.0 Å². The quantitative estimate of drug-likeness (QED) is 0.607. The molecule has 2 aromatic heterocycles. The van der Waals surface area contributed by atoms with Crippen molar-refractivity contribution in [2.45, 2.75) is 56.1 Å². The summed E-state index contributed by atoms with van der Waals surface area (Å²) >= 11 is 0. The van der Waals surface area contributed by atoms with Crippen LogP contribution in [-0.4, -0.2) is 40.7 Å². The normalized spacial score (nSPS) is 25.2. The smallest absolute Gasteiger partial charge is 0.257 e. The molecule has 1 amide bonds. The molecule has 6 heteroatoms. The molecule has 4 aliphatic rings. The van der Waals surface area contributed by atoms with E-state index in [2.05, 4.69) is 52.5 Å². The molecular weight excluding hydrogens is 414 g/mol. The maximum Gasteiger partial charge on any atom is 0.257 e. The number of fused-ring (bicyclic) bond motifs is 4. The molecular formula is C27H29N3O3. The Labute approximate surface area is 193 Å². The Morgan fingerprint density at radius 3 is 2.76 bits per heavy atom. The summed E-state index contributed by atoms with van der Waals surface area (Å²) in [5.41, 5.74) is 3.90. The number of ether oxygens (including phenoxy) is 1. The largest absolute Gasteiger partial charge is 0.465 e. The van der Waals surface area contributed by atoms with Crippen LogP contribution in [0.3, 0.4) is 0 Å². The van der Waals surface area contributed by atoms with Gasteiger partial charge in [0, 0.05) is 31.6 Å². The molecule has 0 radical (unpaired) electrons. The molecule has 3 aromatic rings. The van der Waals surface area contributed by atoms with Crippen LogP contribution in [0.4, 0.5) is 5.69 Å². The van der Waals surface area contributed by atoms with E-state index in [9.17, 15) is 4.79 Å². The van der Waals surface area contributed by atoms with Crippen LogP contribution >= 0.6 is 0 Å². The van der Waals surface area contributed by atoms with Crippen LogP contribution in [-0.2, 0) is 10.3 Å². The number of amides is 1. The van der Waals surface area contributed by atoms with Crippen molar-refractivity contribution in [1.29, 1.82) is 0 Å². The minimum atomic E-state index is -0.232. The molecule has 1 saturated carbocycles. The number of piperidine rings is 1. The second-order valence-electron chi connectivity index (χ2n) is 10.3. The molecule has 3 fully saturated rings. The van der Waals surface area contributed by atoms with Gasteiger partial charge in [0.05, 0.1) is 34.8 Å². The lowest BCUT2D eigenvalue weighted by molar-refractivity contribution is -0.0392. The molecule has 5 heterocycles. The van der Waals surface area contributed by atoms with Gasteiger partial charge in [-0.3, -0.25) is 4.79 Å². The van der Waals surface area contributed by atoms with Crippen LogP contribution in [0.1, 0.15) is 65.6 Å². The predicted molar refractivity (Wildman–Crippen MR) is 125 cm³/mol. The first-order chi connectivity index (χ1) is 16.1. The van der Waals surface area contributed by atoms with Crippen molar-refractivity contribution in [3.63, 3.8) is 0 Å². The van der Waals surface area contributed by atoms with Gasteiger partial charge in [0.15, 0.2) is 0 Å². The minimum Gasteiger partial charge on any atom is -0.465 e. The van der Waals surface area contributed by atoms with E-state index in [1.165, 1.54) is 24.2 Å². The summed E-state index contributed by atoms with van der Waals surface area (Å²) in [7, 11) is 0. The van der Waals surface area contributed by atoms with E-state index in [0.717, 1.165) is 55.1 Å². The second-order valence-corrected chi connectivity index (χ2v) is 10.3. The highest BCUT2D eigenvalue weighted by molar-refractivity contribution is 5.95. The third-order valence-corrected chi connectivity index (χ3v) is 8.13. The van der Waals surface area contributed by atoms with E-state index < -0.39 is 0 Å². The van der Waals surface area contributed by atoms with E-state index in [0.29, 0.717) is 12.5 Å². The molecule has 1 aromatic carbocycles. The Kier molecular flexibility index (Phi) is 3.99.